The Morgan fingerprint density at radius 2 is 1.69 bits per heavy atom. The van der Waals surface area contributed by atoms with Crippen molar-refractivity contribution in [3.8, 4) is 5.75 Å². The van der Waals surface area contributed by atoms with E-state index in [2.05, 4.69) is 5.32 Å². The van der Waals surface area contributed by atoms with Crippen LogP contribution in [0.4, 0.5) is 4.79 Å². The van der Waals surface area contributed by atoms with Crippen molar-refractivity contribution in [3.63, 3.8) is 0 Å². The van der Waals surface area contributed by atoms with E-state index in [4.69, 9.17) is 9.47 Å². The number of benzene rings is 1. The van der Waals surface area contributed by atoms with E-state index in [0.29, 0.717) is 30.7 Å². The summed E-state index contributed by atoms with van der Waals surface area (Å²) in [6, 6.07) is 6.30. The maximum Gasteiger partial charge on any atom is 0.410 e. The molecule has 29 heavy (non-hydrogen) atoms. The lowest BCUT2D eigenvalue weighted by Crippen LogP contribution is -2.50. The fourth-order valence-electron chi connectivity index (χ4n) is 3.06. The summed E-state index contributed by atoms with van der Waals surface area (Å²) in [5.74, 6) is 0.377. The molecule has 0 aromatic heterocycles. The van der Waals surface area contributed by atoms with Crippen LogP contribution in [0.2, 0.25) is 0 Å². The first-order valence-corrected chi connectivity index (χ1v) is 10.1. The van der Waals surface area contributed by atoms with Crippen LogP contribution in [-0.2, 0) is 4.74 Å². The van der Waals surface area contributed by atoms with Gasteiger partial charge in [0.15, 0.2) is 0 Å². The van der Waals surface area contributed by atoms with Gasteiger partial charge in [0.1, 0.15) is 17.0 Å². The predicted octanol–water partition coefficient (Wildman–Crippen LogP) is 3.35. The average molecular weight is 407 g/mol. The van der Waals surface area contributed by atoms with E-state index in [9.17, 15) is 14.7 Å². The molecule has 2 amide bonds. The van der Waals surface area contributed by atoms with Crippen LogP contribution in [0.15, 0.2) is 24.3 Å². The molecule has 0 bridgehead atoms. The molecule has 0 unspecified atom stereocenters. The van der Waals surface area contributed by atoms with Gasteiger partial charge in [-0.05, 0) is 78.6 Å². The summed E-state index contributed by atoms with van der Waals surface area (Å²) in [6.45, 7) is 12.0. The Hall–Kier alpha value is -2.28. The number of aliphatic hydroxyl groups excluding tert-OH is 1. The summed E-state index contributed by atoms with van der Waals surface area (Å²) >= 11 is 0. The maximum absolute atomic E-state index is 12.7. The lowest BCUT2D eigenvalue weighted by molar-refractivity contribution is 0.0223. The van der Waals surface area contributed by atoms with Crippen LogP contribution in [-0.4, -0.2) is 58.4 Å². The Morgan fingerprint density at radius 1 is 1.07 bits per heavy atom. The molecule has 1 aliphatic heterocycles. The van der Waals surface area contributed by atoms with Gasteiger partial charge in [0.25, 0.3) is 5.91 Å². The topological polar surface area (TPSA) is 88.1 Å². The minimum atomic E-state index is -0.727. The van der Waals surface area contributed by atoms with Crippen molar-refractivity contribution in [1.82, 2.24) is 10.2 Å². The number of rotatable bonds is 3. The summed E-state index contributed by atoms with van der Waals surface area (Å²) in [5.41, 5.74) is -0.455. The molecule has 7 nitrogen and oxygen atoms in total. The van der Waals surface area contributed by atoms with Gasteiger partial charge in [0.2, 0.25) is 0 Å². The average Bonchev–Trinajstić information content (AvgIpc) is 2.74. The molecule has 162 valence electrons. The Bertz CT molecular complexity index is 703. The zero-order valence-corrected chi connectivity index (χ0v) is 18.3. The van der Waals surface area contributed by atoms with Gasteiger partial charge in [-0.15, -0.1) is 0 Å². The third-order valence-corrected chi connectivity index (χ3v) is 4.32. The first-order valence-electron chi connectivity index (χ1n) is 10.1. The van der Waals surface area contributed by atoms with Crippen LogP contribution >= 0.6 is 0 Å². The van der Waals surface area contributed by atoms with Crippen molar-refractivity contribution in [2.45, 2.75) is 77.7 Å². The minimum Gasteiger partial charge on any atom is -0.488 e. The van der Waals surface area contributed by atoms with Crippen LogP contribution in [0.5, 0.6) is 5.75 Å². The summed E-state index contributed by atoms with van der Waals surface area (Å²) in [6.07, 6.45) is -0.0155. The Labute approximate surface area is 173 Å². The number of hydrogen-bond acceptors (Lipinski definition) is 5. The molecule has 0 radical (unpaired) electrons. The summed E-state index contributed by atoms with van der Waals surface area (Å²) in [5, 5.41) is 13.3. The maximum atomic E-state index is 12.7. The van der Waals surface area contributed by atoms with E-state index >= 15 is 0 Å². The molecule has 0 saturated carbocycles. The zero-order valence-electron chi connectivity index (χ0n) is 18.3. The number of aliphatic hydroxyl groups is 1. The van der Waals surface area contributed by atoms with Crippen LogP contribution in [0.3, 0.4) is 0 Å². The van der Waals surface area contributed by atoms with Crippen LogP contribution in [0.25, 0.3) is 0 Å². The number of carbonyl (C=O) groups is 2. The van der Waals surface area contributed by atoms with E-state index in [1.54, 1.807) is 29.2 Å². The molecule has 1 saturated heterocycles. The Morgan fingerprint density at radius 3 is 2.24 bits per heavy atom. The number of ether oxygens (including phenoxy) is 2. The Kier molecular flexibility index (Phi) is 7.16. The SMILES string of the molecule is CC(C)(C)OC(=O)N1CCC[C@H](O)[C@H](NC(=O)c2ccc(OC(C)(C)C)cc2)C1. The summed E-state index contributed by atoms with van der Waals surface area (Å²) < 4.78 is 11.2. The van der Waals surface area contributed by atoms with Gasteiger partial charge in [-0.1, -0.05) is 0 Å². The molecule has 1 heterocycles. The molecule has 1 aliphatic rings. The molecule has 1 aromatic carbocycles. The van der Waals surface area contributed by atoms with Gasteiger partial charge in [-0.25, -0.2) is 4.79 Å². The molecule has 7 heteroatoms. The van der Waals surface area contributed by atoms with E-state index in [0.717, 1.165) is 0 Å². The molecule has 2 rings (SSSR count). The highest BCUT2D eigenvalue weighted by Gasteiger charge is 2.31. The van der Waals surface area contributed by atoms with Gasteiger partial charge >= 0.3 is 6.09 Å². The fraction of sp³-hybridized carbons (Fsp3) is 0.636. The molecular weight excluding hydrogens is 372 g/mol. The third-order valence-electron chi connectivity index (χ3n) is 4.32. The second-order valence-electron chi connectivity index (χ2n) is 9.45. The van der Waals surface area contributed by atoms with Crippen molar-refractivity contribution < 1.29 is 24.2 Å². The van der Waals surface area contributed by atoms with Crippen molar-refractivity contribution in [2.24, 2.45) is 0 Å². The van der Waals surface area contributed by atoms with Gasteiger partial charge < -0.3 is 24.8 Å². The second-order valence-corrected chi connectivity index (χ2v) is 9.45. The van der Waals surface area contributed by atoms with Gasteiger partial charge in [0, 0.05) is 18.7 Å². The standard InChI is InChI=1S/C22H34N2O5/c1-21(2,3)28-16-11-9-15(10-12-16)19(26)23-17-14-24(13-7-8-18(17)25)20(27)29-22(4,5)6/h9-12,17-18,25H,7-8,13-14H2,1-6H3,(H,23,26)/t17-,18+/m1/s1. The predicted molar refractivity (Wildman–Crippen MR) is 111 cm³/mol. The van der Waals surface area contributed by atoms with Gasteiger partial charge in [0.05, 0.1) is 12.1 Å². The monoisotopic (exact) mass is 406 g/mol. The lowest BCUT2D eigenvalue weighted by Gasteiger charge is -2.29. The van der Waals surface area contributed by atoms with Crippen LogP contribution in [0, 0.1) is 0 Å². The lowest BCUT2D eigenvalue weighted by atomic mass is 10.1. The molecular formula is C22H34N2O5. The van der Waals surface area contributed by atoms with Crippen molar-refractivity contribution in [1.29, 1.82) is 0 Å². The molecule has 1 aromatic rings. The molecule has 2 atom stereocenters. The van der Waals surface area contributed by atoms with Gasteiger partial charge in [-0.3, -0.25) is 4.79 Å². The highest BCUT2D eigenvalue weighted by atomic mass is 16.6. The number of nitrogens with zero attached hydrogens (tertiary/aromatic N) is 1. The molecule has 2 N–H and O–H groups in total. The van der Waals surface area contributed by atoms with Crippen molar-refractivity contribution >= 4 is 12.0 Å². The number of nitrogens with one attached hydrogen (secondary N) is 1. The minimum absolute atomic E-state index is 0.201. The van der Waals surface area contributed by atoms with E-state index in [1.165, 1.54) is 0 Å². The van der Waals surface area contributed by atoms with E-state index in [-0.39, 0.29) is 18.1 Å². The largest absolute Gasteiger partial charge is 0.488 e. The molecule has 1 fully saturated rings. The zero-order chi connectivity index (χ0) is 21.8. The van der Waals surface area contributed by atoms with Crippen molar-refractivity contribution in [2.75, 3.05) is 13.1 Å². The fourth-order valence-corrected chi connectivity index (χ4v) is 3.06. The first kappa shape index (κ1) is 23.0. The van der Waals surface area contributed by atoms with Gasteiger partial charge in [-0.2, -0.15) is 0 Å². The summed E-state index contributed by atoms with van der Waals surface area (Å²) in [4.78, 5) is 26.6. The van der Waals surface area contributed by atoms with Crippen LogP contribution in [0.1, 0.15) is 64.7 Å². The normalized spacial score (nSPS) is 20.6. The number of carbonyl (C=O) groups excluding carboxylic acids is 2. The quantitative estimate of drug-likeness (QED) is 0.804. The highest BCUT2D eigenvalue weighted by Crippen LogP contribution is 2.20. The number of likely N-dealkylation sites (tertiary alicyclic amines) is 1. The molecule has 0 spiro atoms. The Balaban J connectivity index is 2.04. The first-order chi connectivity index (χ1) is 13.3. The van der Waals surface area contributed by atoms with E-state index in [1.807, 2.05) is 41.5 Å². The van der Waals surface area contributed by atoms with Crippen molar-refractivity contribution in [3.05, 3.63) is 29.8 Å². The smallest absolute Gasteiger partial charge is 0.410 e. The number of amides is 2. The molecule has 0 aliphatic carbocycles. The van der Waals surface area contributed by atoms with Crippen LogP contribution < -0.4 is 10.1 Å². The number of hydrogen-bond donors (Lipinski definition) is 2. The second kappa shape index (κ2) is 9.03. The highest BCUT2D eigenvalue weighted by molar-refractivity contribution is 5.94. The van der Waals surface area contributed by atoms with E-state index < -0.39 is 23.8 Å². The summed E-state index contributed by atoms with van der Waals surface area (Å²) in [7, 11) is 0. The third kappa shape index (κ3) is 7.57.